The second-order valence-electron chi connectivity index (χ2n) is 4.97. The number of aryl methyl sites for hydroxylation is 1. The summed E-state index contributed by atoms with van der Waals surface area (Å²) in [6, 6.07) is 5.07. The zero-order valence-electron chi connectivity index (χ0n) is 12.6. The number of imidazole rings is 1. The number of aromatic nitrogens is 2. The fraction of sp³-hybridized carbons (Fsp3) is 0.438. The lowest BCUT2D eigenvalue weighted by molar-refractivity contribution is 0.300. The number of benzene rings is 1. The molecular weight excluding hydrogens is 269 g/mol. The largest absolute Gasteiger partial charge is 0.493 e. The Hall–Kier alpha value is -1.88. The van der Waals surface area contributed by atoms with E-state index in [1.54, 1.807) is 18.6 Å². The molecule has 0 aliphatic rings. The molecule has 1 unspecified atom stereocenters. The first-order valence-electron chi connectivity index (χ1n) is 7.32. The van der Waals surface area contributed by atoms with Crippen molar-refractivity contribution in [2.24, 2.45) is 0 Å². The molecule has 21 heavy (non-hydrogen) atoms. The zero-order valence-corrected chi connectivity index (χ0v) is 12.6. The standard InChI is InChI=1S/C16H22FN3O/c1-3-19-13(2)15-6-5-14(11-16(15)17)21-10-4-8-20-9-7-18-12-20/h5-7,9,11-13,19H,3-4,8,10H2,1-2H3. The molecule has 0 saturated heterocycles. The van der Waals surface area contributed by atoms with Gasteiger partial charge >= 0.3 is 0 Å². The second kappa shape index (κ2) is 7.78. The molecule has 2 rings (SSSR count). The molecule has 0 bridgehead atoms. The van der Waals surface area contributed by atoms with Gasteiger partial charge < -0.3 is 14.6 Å². The molecule has 0 aliphatic carbocycles. The van der Waals surface area contributed by atoms with Crippen LogP contribution in [-0.2, 0) is 6.54 Å². The lowest BCUT2D eigenvalue weighted by atomic mass is 10.1. The average Bonchev–Trinajstić information content (AvgIpc) is 2.97. The van der Waals surface area contributed by atoms with Crippen LogP contribution in [0.4, 0.5) is 4.39 Å². The molecule has 1 aromatic carbocycles. The number of hydrogen-bond donors (Lipinski definition) is 1. The summed E-state index contributed by atoms with van der Waals surface area (Å²) in [5.41, 5.74) is 0.669. The summed E-state index contributed by atoms with van der Waals surface area (Å²) in [4.78, 5) is 3.98. The molecule has 0 spiro atoms. The van der Waals surface area contributed by atoms with Crippen molar-refractivity contribution in [1.29, 1.82) is 0 Å². The predicted octanol–water partition coefficient (Wildman–Crippen LogP) is 3.16. The topological polar surface area (TPSA) is 39.1 Å². The van der Waals surface area contributed by atoms with Crippen molar-refractivity contribution < 1.29 is 9.13 Å². The first kappa shape index (κ1) is 15.5. The van der Waals surface area contributed by atoms with Gasteiger partial charge in [0.05, 0.1) is 12.9 Å². The summed E-state index contributed by atoms with van der Waals surface area (Å²) in [6.45, 7) is 6.17. The lowest BCUT2D eigenvalue weighted by Gasteiger charge is -2.14. The molecule has 0 fully saturated rings. The Morgan fingerprint density at radius 2 is 2.29 bits per heavy atom. The maximum absolute atomic E-state index is 14.0. The van der Waals surface area contributed by atoms with E-state index >= 15 is 0 Å². The summed E-state index contributed by atoms with van der Waals surface area (Å²) >= 11 is 0. The first-order chi connectivity index (χ1) is 10.2. The molecular formula is C16H22FN3O. The molecule has 0 radical (unpaired) electrons. The van der Waals surface area contributed by atoms with Gasteiger partial charge in [-0.3, -0.25) is 0 Å². The number of nitrogens with zero attached hydrogens (tertiary/aromatic N) is 2. The van der Waals surface area contributed by atoms with Crippen molar-refractivity contribution in [2.75, 3.05) is 13.2 Å². The second-order valence-corrected chi connectivity index (χ2v) is 4.97. The van der Waals surface area contributed by atoms with E-state index in [2.05, 4.69) is 10.3 Å². The van der Waals surface area contributed by atoms with Crippen LogP contribution in [0, 0.1) is 5.82 Å². The van der Waals surface area contributed by atoms with E-state index < -0.39 is 0 Å². The van der Waals surface area contributed by atoms with Gasteiger partial charge in [0.2, 0.25) is 0 Å². The smallest absolute Gasteiger partial charge is 0.131 e. The van der Waals surface area contributed by atoms with Gasteiger partial charge in [-0.25, -0.2) is 9.37 Å². The fourth-order valence-corrected chi connectivity index (χ4v) is 2.22. The third-order valence-corrected chi connectivity index (χ3v) is 3.34. The number of ether oxygens (including phenoxy) is 1. The van der Waals surface area contributed by atoms with Gasteiger partial charge in [-0.05, 0) is 26.0 Å². The molecule has 1 aromatic heterocycles. The molecule has 1 heterocycles. The Morgan fingerprint density at radius 3 is 2.95 bits per heavy atom. The van der Waals surface area contributed by atoms with Gasteiger partial charge in [0.25, 0.3) is 0 Å². The predicted molar refractivity (Wildman–Crippen MR) is 80.8 cm³/mol. The third kappa shape index (κ3) is 4.56. The Labute approximate surface area is 125 Å². The summed E-state index contributed by atoms with van der Waals surface area (Å²) < 4.78 is 21.6. The van der Waals surface area contributed by atoms with E-state index in [1.165, 1.54) is 6.07 Å². The molecule has 0 saturated carbocycles. The normalized spacial score (nSPS) is 12.3. The van der Waals surface area contributed by atoms with Crippen LogP contribution in [0.5, 0.6) is 5.75 Å². The van der Waals surface area contributed by atoms with E-state index in [0.29, 0.717) is 17.9 Å². The van der Waals surface area contributed by atoms with E-state index in [9.17, 15) is 4.39 Å². The van der Waals surface area contributed by atoms with Crippen LogP contribution in [0.1, 0.15) is 31.9 Å². The minimum atomic E-state index is -0.226. The van der Waals surface area contributed by atoms with Gasteiger partial charge in [0, 0.05) is 36.6 Å². The van der Waals surface area contributed by atoms with Gasteiger partial charge in [0.1, 0.15) is 11.6 Å². The van der Waals surface area contributed by atoms with Gasteiger partial charge in [-0.1, -0.05) is 13.0 Å². The summed E-state index contributed by atoms with van der Waals surface area (Å²) in [7, 11) is 0. The summed E-state index contributed by atoms with van der Waals surface area (Å²) in [5.74, 6) is 0.348. The van der Waals surface area contributed by atoms with E-state index in [0.717, 1.165) is 19.5 Å². The number of rotatable bonds is 8. The lowest BCUT2D eigenvalue weighted by Crippen LogP contribution is -2.18. The number of halogens is 1. The average molecular weight is 291 g/mol. The van der Waals surface area contributed by atoms with Crippen LogP contribution in [0.2, 0.25) is 0 Å². The van der Waals surface area contributed by atoms with Crippen molar-refractivity contribution in [3.8, 4) is 5.75 Å². The molecule has 4 nitrogen and oxygen atoms in total. The molecule has 0 amide bonds. The van der Waals surface area contributed by atoms with Crippen molar-refractivity contribution in [3.05, 3.63) is 48.3 Å². The quantitative estimate of drug-likeness (QED) is 0.759. The zero-order chi connectivity index (χ0) is 15.1. The van der Waals surface area contributed by atoms with Crippen LogP contribution in [0.25, 0.3) is 0 Å². The molecule has 5 heteroatoms. The minimum Gasteiger partial charge on any atom is -0.493 e. The van der Waals surface area contributed by atoms with E-state index in [-0.39, 0.29) is 11.9 Å². The Bertz CT molecular complexity index is 542. The number of hydrogen-bond acceptors (Lipinski definition) is 3. The van der Waals surface area contributed by atoms with Crippen LogP contribution in [0.3, 0.4) is 0 Å². The fourth-order valence-electron chi connectivity index (χ4n) is 2.22. The Balaban J connectivity index is 1.82. The van der Waals surface area contributed by atoms with Crippen molar-refractivity contribution in [2.45, 2.75) is 32.9 Å². The maximum Gasteiger partial charge on any atom is 0.131 e. The van der Waals surface area contributed by atoms with Crippen molar-refractivity contribution in [1.82, 2.24) is 14.9 Å². The summed E-state index contributed by atoms with van der Waals surface area (Å²) in [5, 5.41) is 3.20. The molecule has 0 aliphatic heterocycles. The highest BCUT2D eigenvalue weighted by Crippen LogP contribution is 2.22. The molecule has 1 atom stereocenters. The first-order valence-corrected chi connectivity index (χ1v) is 7.32. The monoisotopic (exact) mass is 291 g/mol. The van der Waals surface area contributed by atoms with Crippen LogP contribution in [-0.4, -0.2) is 22.7 Å². The highest BCUT2D eigenvalue weighted by atomic mass is 19.1. The van der Waals surface area contributed by atoms with Crippen LogP contribution >= 0.6 is 0 Å². The van der Waals surface area contributed by atoms with Crippen molar-refractivity contribution >= 4 is 0 Å². The molecule has 114 valence electrons. The maximum atomic E-state index is 14.0. The minimum absolute atomic E-state index is 0.00490. The number of nitrogens with one attached hydrogen (secondary N) is 1. The van der Waals surface area contributed by atoms with Crippen LogP contribution < -0.4 is 10.1 Å². The van der Waals surface area contributed by atoms with E-state index in [1.807, 2.05) is 30.7 Å². The SMILES string of the molecule is CCNC(C)c1ccc(OCCCn2ccnc2)cc1F. The van der Waals surface area contributed by atoms with Crippen molar-refractivity contribution in [3.63, 3.8) is 0 Å². The molecule has 2 aromatic rings. The van der Waals surface area contributed by atoms with E-state index in [4.69, 9.17) is 4.74 Å². The van der Waals surface area contributed by atoms with Gasteiger partial charge in [0.15, 0.2) is 0 Å². The van der Waals surface area contributed by atoms with Gasteiger partial charge in [-0.2, -0.15) is 0 Å². The highest BCUT2D eigenvalue weighted by molar-refractivity contribution is 5.30. The van der Waals surface area contributed by atoms with Gasteiger partial charge in [-0.15, -0.1) is 0 Å². The summed E-state index contributed by atoms with van der Waals surface area (Å²) in [6.07, 6.45) is 6.29. The molecule has 1 N–H and O–H groups in total. The van der Waals surface area contributed by atoms with Crippen LogP contribution in [0.15, 0.2) is 36.9 Å². The third-order valence-electron chi connectivity index (χ3n) is 3.34. The highest BCUT2D eigenvalue weighted by Gasteiger charge is 2.10. The Morgan fingerprint density at radius 1 is 1.43 bits per heavy atom. The Kier molecular flexibility index (Phi) is 5.75.